The summed E-state index contributed by atoms with van der Waals surface area (Å²) in [7, 11) is 1.91. The third kappa shape index (κ3) is 4.02. The van der Waals surface area contributed by atoms with Crippen LogP contribution in [-0.2, 0) is 0 Å². The minimum atomic E-state index is 0.157. The van der Waals surface area contributed by atoms with Gasteiger partial charge in [-0.2, -0.15) is 26.7 Å². The van der Waals surface area contributed by atoms with Crippen LogP contribution in [0.1, 0.15) is 6.92 Å². The number of thioether (sulfide) groups is 1. The van der Waals surface area contributed by atoms with E-state index in [9.17, 15) is 0 Å². The van der Waals surface area contributed by atoms with Gasteiger partial charge in [0.25, 0.3) is 0 Å². The van der Waals surface area contributed by atoms with Crippen molar-refractivity contribution in [2.24, 2.45) is 0 Å². The maximum absolute atomic E-state index is 5.79. The van der Waals surface area contributed by atoms with Crippen molar-refractivity contribution < 1.29 is 4.74 Å². The Kier molecular flexibility index (Phi) is 5.62. The van der Waals surface area contributed by atoms with Crippen LogP contribution in [-0.4, -0.2) is 47.2 Å². The molecule has 1 heterocycles. The van der Waals surface area contributed by atoms with Gasteiger partial charge in [-0.05, 0) is 24.8 Å². The summed E-state index contributed by atoms with van der Waals surface area (Å²) in [6.07, 6.45) is 2.06. The van der Waals surface area contributed by atoms with Crippen molar-refractivity contribution in [3.8, 4) is 6.01 Å². The molecule has 0 spiro atoms. The smallest absolute Gasteiger partial charge is 0.322 e. The highest BCUT2D eigenvalue weighted by atomic mass is 35.5. The van der Waals surface area contributed by atoms with Gasteiger partial charge in [0.2, 0.25) is 11.2 Å². The summed E-state index contributed by atoms with van der Waals surface area (Å²) in [5, 5.41) is 0.157. The van der Waals surface area contributed by atoms with Gasteiger partial charge in [-0.3, -0.25) is 0 Å². The van der Waals surface area contributed by atoms with Crippen molar-refractivity contribution in [3.63, 3.8) is 0 Å². The van der Waals surface area contributed by atoms with E-state index in [0.717, 1.165) is 12.3 Å². The van der Waals surface area contributed by atoms with Crippen LogP contribution in [0.3, 0.4) is 0 Å². The molecule has 0 radical (unpaired) electrons. The minimum absolute atomic E-state index is 0.157. The molecule has 0 aliphatic rings. The normalized spacial score (nSPS) is 10.2. The number of rotatable bonds is 6. The van der Waals surface area contributed by atoms with Gasteiger partial charge < -0.3 is 9.64 Å². The molecule has 0 N–H and O–H groups in total. The van der Waals surface area contributed by atoms with Gasteiger partial charge in [-0.1, -0.05) is 0 Å². The number of nitrogens with zero attached hydrogens (tertiary/aromatic N) is 4. The molecule has 16 heavy (non-hydrogen) atoms. The van der Waals surface area contributed by atoms with Gasteiger partial charge in [0.05, 0.1) is 6.61 Å². The second-order valence-electron chi connectivity index (χ2n) is 3.03. The fraction of sp³-hybridized carbons (Fsp3) is 0.667. The van der Waals surface area contributed by atoms with Crippen LogP contribution in [0.15, 0.2) is 0 Å². The average Bonchev–Trinajstić information content (AvgIpc) is 2.25. The third-order valence-electron chi connectivity index (χ3n) is 1.82. The number of aromatic nitrogens is 3. The second kappa shape index (κ2) is 6.75. The lowest BCUT2D eigenvalue weighted by Gasteiger charge is -2.16. The zero-order valence-corrected chi connectivity index (χ0v) is 11.2. The Morgan fingerprint density at radius 2 is 2.12 bits per heavy atom. The lowest BCUT2D eigenvalue weighted by Crippen LogP contribution is -2.23. The summed E-state index contributed by atoms with van der Waals surface area (Å²) in [6.45, 7) is 3.23. The summed E-state index contributed by atoms with van der Waals surface area (Å²) in [5.74, 6) is 1.54. The third-order valence-corrected chi connectivity index (χ3v) is 2.58. The second-order valence-corrected chi connectivity index (χ2v) is 4.36. The van der Waals surface area contributed by atoms with Gasteiger partial charge in [0.1, 0.15) is 0 Å². The van der Waals surface area contributed by atoms with Crippen LogP contribution in [0, 0.1) is 0 Å². The molecule has 1 aromatic rings. The zero-order valence-electron chi connectivity index (χ0n) is 9.60. The van der Waals surface area contributed by atoms with Gasteiger partial charge >= 0.3 is 6.01 Å². The molecule has 0 unspecified atom stereocenters. The van der Waals surface area contributed by atoms with E-state index in [1.165, 1.54) is 0 Å². The minimum Gasteiger partial charge on any atom is -0.464 e. The maximum Gasteiger partial charge on any atom is 0.322 e. The Morgan fingerprint density at radius 3 is 2.75 bits per heavy atom. The first-order valence-electron chi connectivity index (χ1n) is 4.91. The SMILES string of the molecule is CCOc1nc(Cl)nc(N(C)CCSC)n1. The molecule has 0 aliphatic carbocycles. The molecule has 0 atom stereocenters. The Labute approximate surface area is 105 Å². The van der Waals surface area contributed by atoms with Crippen molar-refractivity contribution in [2.45, 2.75) is 6.92 Å². The van der Waals surface area contributed by atoms with Crippen molar-refractivity contribution in [3.05, 3.63) is 5.28 Å². The Balaban J connectivity index is 2.78. The first-order chi connectivity index (χ1) is 7.67. The van der Waals surface area contributed by atoms with Gasteiger partial charge in [-0.25, -0.2) is 0 Å². The van der Waals surface area contributed by atoms with Crippen molar-refractivity contribution in [1.82, 2.24) is 15.0 Å². The number of halogens is 1. The topological polar surface area (TPSA) is 51.1 Å². The van der Waals surface area contributed by atoms with E-state index in [2.05, 4.69) is 21.2 Å². The van der Waals surface area contributed by atoms with Crippen LogP contribution in [0.2, 0.25) is 5.28 Å². The molecule has 0 bridgehead atoms. The summed E-state index contributed by atoms with van der Waals surface area (Å²) < 4.78 is 5.20. The number of anilines is 1. The fourth-order valence-corrected chi connectivity index (χ4v) is 1.62. The predicted octanol–water partition coefficient (Wildman–Crippen LogP) is 1.72. The highest BCUT2D eigenvalue weighted by molar-refractivity contribution is 7.98. The van der Waals surface area contributed by atoms with Crippen LogP contribution in [0.4, 0.5) is 5.95 Å². The molecule has 0 amide bonds. The van der Waals surface area contributed by atoms with E-state index in [-0.39, 0.29) is 11.3 Å². The van der Waals surface area contributed by atoms with E-state index in [1.807, 2.05) is 18.9 Å². The number of hydrogen-bond acceptors (Lipinski definition) is 6. The zero-order chi connectivity index (χ0) is 12.0. The summed E-state index contributed by atoms with van der Waals surface area (Å²) in [5.41, 5.74) is 0. The molecular weight excluding hydrogens is 248 g/mol. The standard InChI is InChI=1S/C9H15ClN4OS/c1-4-15-9-12-7(10)11-8(13-9)14(2)5-6-16-3/h4-6H2,1-3H3. The van der Waals surface area contributed by atoms with Crippen LogP contribution in [0.5, 0.6) is 6.01 Å². The van der Waals surface area contributed by atoms with E-state index in [1.54, 1.807) is 11.8 Å². The van der Waals surface area contributed by atoms with Crippen LogP contribution in [0.25, 0.3) is 0 Å². The lowest BCUT2D eigenvalue weighted by atomic mass is 10.6. The molecule has 1 aromatic heterocycles. The van der Waals surface area contributed by atoms with Crippen LogP contribution >= 0.6 is 23.4 Å². The van der Waals surface area contributed by atoms with Crippen molar-refractivity contribution in [2.75, 3.05) is 37.1 Å². The quantitative estimate of drug-likeness (QED) is 0.778. The molecule has 0 saturated carbocycles. The molecule has 0 aromatic carbocycles. The van der Waals surface area contributed by atoms with E-state index in [4.69, 9.17) is 16.3 Å². The van der Waals surface area contributed by atoms with E-state index >= 15 is 0 Å². The van der Waals surface area contributed by atoms with Crippen molar-refractivity contribution in [1.29, 1.82) is 0 Å². The summed E-state index contributed by atoms with van der Waals surface area (Å²) >= 11 is 7.56. The van der Waals surface area contributed by atoms with Gasteiger partial charge in [0.15, 0.2) is 0 Å². The molecule has 5 nitrogen and oxygen atoms in total. The molecule has 90 valence electrons. The van der Waals surface area contributed by atoms with E-state index < -0.39 is 0 Å². The number of hydrogen-bond donors (Lipinski definition) is 0. The van der Waals surface area contributed by atoms with Crippen molar-refractivity contribution >= 4 is 29.3 Å². The fourth-order valence-electron chi connectivity index (χ4n) is 1.01. The van der Waals surface area contributed by atoms with Crippen LogP contribution < -0.4 is 9.64 Å². The molecule has 0 aliphatic heterocycles. The van der Waals surface area contributed by atoms with Gasteiger partial charge in [-0.15, -0.1) is 0 Å². The number of ether oxygens (including phenoxy) is 1. The highest BCUT2D eigenvalue weighted by Crippen LogP contribution is 2.14. The predicted molar refractivity (Wildman–Crippen MR) is 67.7 cm³/mol. The Hall–Kier alpha value is -0.750. The molecule has 0 saturated heterocycles. The van der Waals surface area contributed by atoms with Gasteiger partial charge in [0, 0.05) is 19.3 Å². The summed E-state index contributed by atoms with van der Waals surface area (Å²) in [4.78, 5) is 14.0. The molecule has 0 fully saturated rings. The largest absolute Gasteiger partial charge is 0.464 e. The monoisotopic (exact) mass is 262 g/mol. The first-order valence-corrected chi connectivity index (χ1v) is 6.69. The molecule has 7 heteroatoms. The lowest BCUT2D eigenvalue weighted by molar-refractivity contribution is 0.311. The molecule has 1 rings (SSSR count). The Morgan fingerprint density at radius 1 is 1.38 bits per heavy atom. The first kappa shape index (κ1) is 13.3. The molecular formula is C9H15ClN4OS. The van der Waals surface area contributed by atoms with E-state index in [0.29, 0.717) is 12.6 Å². The summed E-state index contributed by atoms with van der Waals surface area (Å²) in [6, 6.07) is 0.272. The highest BCUT2D eigenvalue weighted by Gasteiger charge is 2.09. The maximum atomic E-state index is 5.79. The Bertz CT molecular complexity index is 339. The average molecular weight is 263 g/mol.